The summed E-state index contributed by atoms with van der Waals surface area (Å²) in [5, 5.41) is 0. The second-order valence-electron chi connectivity index (χ2n) is 7.51. The highest BCUT2D eigenvalue weighted by molar-refractivity contribution is 5.79. The largest absolute Gasteiger partial charge is 0.441 e. The Kier molecular flexibility index (Phi) is 3.83. The SMILES string of the molecule is CC(C)(C)Cc1ncc(-c2cc(F)cnc2-c2ccn3ccnc3c2)o1. The van der Waals surface area contributed by atoms with E-state index in [9.17, 15) is 4.39 Å². The van der Waals surface area contributed by atoms with E-state index in [1.54, 1.807) is 12.4 Å². The third-order valence-electron chi connectivity index (χ3n) is 4.03. The van der Waals surface area contributed by atoms with Crippen molar-refractivity contribution in [2.45, 2.75) is 27.2 Å². The van der Waals surface area contributed by atoms with E-state index in [0.29, 0.717) is 29.3 Å². The van der Waals surface area contributed by atoms with E-state index < -0.39 is 5.82 Å². The summed E-state index contributed by atoms with van der Waals surface area (Å²) < 4.78 is 21.7. The molecule has 0 bridgehead atoms. The number of fused-ring (bicyclic) bond motifs is 1. The lowest BCUT2D eigenvalue weighted by atomic mass is 9.92. The molecule has 4 aromatic heterocycles. The Morgan fingerprint density at radius 3 is 2.73 bits per heavy atom. The van der Waals surface area contributed by atoms with Gasteiger partial charge in [-0.25, -0.2) is 14.4 Å². The molecule has 132 valence electrons. The van der Waals surface area contributed by atoms with E-state index in [-0.39, 0.29) is 5.41 Å². The third kappa shape index (κ3) is 3.22. The maximum Gasteiger partial charge on any atom is 0.195 e. The molecule has 0 saturated carbocycles. The number of imidazole rings is 1. The Bertz CT molecular complexity index is 1070. The van der Waals surface area contributed by atoms with E-state index in [1.165, 1.54) is 12.3 Å². The lowest BCUT2D eigenvalue weighted by Crippen LogP contribution is -2.09. The highest BCUT2D eigenvalue weighted by Crippen LogP contribution is 2.32. The van der Waals surface area contributed by atoms with Crippen molar-refractivity contribution in [1.29, 1.82) is 0 Å². The van der Waals surface area contributed by atoms with Gasteiger partial charge in [-0.1, -0.05) is 20.8 Å². The molecule has 0 atom stereocenters. The van der Waals surface area contributed by atoms with Crippen LogP contribution in [0.1, 0.15) is 26.7 Å². The van der Waals surface area contributed by atoms with Crippen LogP contribution in [0, 0.1) is 11.2 Å². The molecule has 0 N–H and O–H groups in total. The molecule has 0 fully saturated rings. The Labute approximate surface area is 150 Å². The van der Waals surface area contributed by atoms with Crippen LogP contribution in [0.3, 0.4) is 0 Å². The minimum Gasteiger partial charge on any atom is -0.441 e. The molecule has 6 heteroatoms. The molecule has 0 saturated heterocycles. The lowest BCUT2D eigenvalue weighted by Gasteiger charge is -2.14. The van der Waals surface area contributed by atoms with Crippen molar-refractivity contribution in [2.24, 2.45) is 5.41 Å². The van der Waals surface area contributed by atoms with Crippen LogP contribution in [-0.4, -0.2) is 19.4 Å². The highest BCUT2D eigenvalue weighted by Gasteiger charge is 2.19. The molecule has 0 aliphatic heterocycles. The Morgan fingerprint density at radius 2 is 1.92 bits per heavy atom. The predicted molar refractivity (Wildman–Crippen MR) is 97.0 cm³/mol. The van der Waals surface area contributed by atoms with Crippen LogP contribution >= 0.6 is 0 Å². The van der Waals surface area contributed by atoms with Gasteiger partial charge in [0.05, 0.1) is 18.1 Å². The van der Waals surface area contributed by atoms with Gasteiger partial charge in [0.1, 0.15) is 11.5 Å². The van der Waals surface area contributed by atoms with E-state index >= 15 is 0 Å². The first-order chi connectivity index (χ1) is 12.4. The third-order valence-corrected chi connectivity index (χ3v) is 4.03. The monoisotopic (exact) mass is 350 g/mol. The molecule has 4 heterocycles. The van der Waals surface area contributed by atoms with Crippen molar-refractivity contribution in [1.82, 2.24) is 19.4 Å². The molecule has 0 aliphatic rings. The van der Waals surface area contributed by atoms with E-state index in [1.807, 2.05) is 28.9 Å². The van der Waals surface area contributed by atoms with Gasteiger partial charge in [0.2, 0.25) is 0 Å². The van der Waals surface area contributed by atoms with Gasteiger partial charge in [-0.15, -0.1) is 0 Å². The fraction of sp³-hybridized carbons (Fsp3) is 0.250. The van der Waals surface area contributed by atoms with Gasteiger partial charge in [-0.3, -0.25) is 4.98 Å². The molecule has 4 rings (SSSR count). The van der Waals surface area contributed by atoms with Gasteiger partial charge in [0.15, 0.2) is 11.7 Å². The number of hydrogen-bond donors (Lipinski definition) is 0. The van der Waals surface area contributed by atoms with Gasteiger partial charge in [0, 0.05) is 36.1 Å². The summed E-state index contributed by atoms with van der Waals surface area (Å²) in [4.78, 5) is 12.9. The Morgan fingerprint density at radius 1 is 1.08 bits per heavy atom. The number of nitrogens with zero attached hydrogens (tertiary/aromatic N) is 4. The first kappa shape index (κ1) is 16.4. The first-order valence-electron chi connectivity index (χ1n) is 8.43. The number of halogens is 1. The smallest absolute Gasteiger partial charge is 0.195 e. The topological polar surface area (TPSA) is 56.2 Å². The zero-order valence-electron chi connectivity index (χ0n) is 14.9. The molecule has 0 spiro atoms. The lowest BCUT2D eigenvalue weighted by molar-refractivity contribution is 0.357. The summed E-state index contributed by atoms with van der Waals surface area (Å²) >= 11 is 0. The minimum atomic E-state index is -0.417. The standard InChI is InChI=1S/C20H19FN4O/c1-20(2,3)10-18-23-12-16(26-18)15-9-14(21)11-24-19(15)13-4-6-25-7-5-22-17(25)8-13/h4-9,11-12H,10H2,1-3H3. The van der Waals surface area contributed by atoms with Crippen molar-refractivity contribution in [3.63, 3.8) is 0 Å². The molecule has 5 nitrogen and oxygen atoms in total. The van der Waals surface area contributed by atoms with Crippen molar-refractivity contribution in [3.05, 3.63) is 60.9 Å². The number of rotatable bonds is 3. The molecule has 0 unspecified atom stereocenters. The molecule has 0 amide bonds. The fourth-order valence-electron chi connectivity index (χ4n) is 2.88. The van der Waals surface area contributed by atoms with Crippen molar-refractivity contribution in [3.8, 4) is 22.6 Å². The molecule has 0 radical (unpaired) electrons. The Balaban J connectivity index is 1.80. The van der Waals surface area contributed by atoms with Crippen LogP contribution in [0.15, 0.2) is 53.6 Å². The normalized spacial score (nSPS) is 12.0. The van der Waals surface area contributed by atoms with Crippen LogP contribution in [0.2, 0.25) is 0 Å². The second-order valence-corrected chi connectivity index (χ2v) is 7.51. The summed E-state index contributed by atoms with van der Waals surface area (Å²) in [6.07, 6.45) is 9.04. The number of hydrogen-bond acceptors (Lipinski definition) is 4. The van der Waals surface area contributed by atoms with Crippen LogP contribution in [0.5, 0.6) is 0 Å². The van der Waals surface area contributed by atoms with Crippen LogP contribution in [0.25, 0.3) is 28.2 Å². The molecule has 4 aromatic rings. The average Bonchev–Trinajstić information content (AvgIpc) is 3.21. The predicted octanol–water partition coefficient (Wildman–Crippen LogP) is 4.78. The summed E-state index contributed by atoms with van der Waals surface area (Å²) in [5.74, 6) is 0.722. The average molecular weight is 350 g/mol. The number of pyridine rings is 2. The van der Waals surface area contributed by atoms with Crippen molar-refractivity contribution < 1.29 is 8.81 Å². The molecule has 26 heavy (non-hydrogen) atoms. The summed E-state index contributed by atoms with van der Waals surface area (Å²) in [5.41, 5.74) is 2.90. The zero-order valence-corrected chi connectivity index (χ0v) is 14.9. The van der Waals surface area contributed by atoms with Crippen LogP contribution in [-0.2, 0) is 6.42 Å². The van der Waals surface area contributed by atoms with E-state index in [0.717, 1.165) is 11.2 Å². The van der Waals surface area contributed by atoms with E-state index in [4.69, 9.17) is 4.42 Å². The summed E-state index contributed by atoms with van der Waals surface area (Å²) in [6.45, 7) is 6.35. The van der Waals surface area contributed by atoms with Gasteiger partial charge >= 0.3 is 0 Å². The molecular weight excluding hydrogens is 331 g/mol. The Hall–Kier alpha value is -3.02. The maximum atomic E-state index is 13.9. The van der Waals surface area contributed by atoms with Gasteiger partial charge in [-0.05, 0) is 23.6 Å². The van der Waals surface area contributed by atoms with Gasteiger partial charge < -0.3 is 8.82 Å². The van der Waals surface area contributed by atoms with Crippen LogP contribution < -0.4 is 0 Å². The minimum absolute atomic E-state index is 0.0524. The van der Waals surface area contributed by atoms with E-state index in [2.05, 4.69) is 35.7 Å². The summed E-state index contributed by atoms with van der Waals surface area (Å²) in [7, 11) is 0. The second kappa shape index (κ2) is 6.05. The maximum absolute atomic E-state index is 13.9. The molecule has 0 aliphatic carbocycles. The highest BCUT2D eigenvalue weighted by atomic mass is 19.1. The number of oxazole rings is 1. The molecular formula is C20H19FN4O. The van der Waals surface area contributed by atoms with Gasteiger partial charge in [0.25, 0.3) is 0 Å². The summed E-state index contributed by atoms with van der Waals surface area (Å²) in [6, 6.07) is 5.26. The number of aromatic nitrogens is 4. The fourth-order valence-corrected chi connectivity index (χ4v) is 2.88. The van der Waals surface area contributed by atoms with Gasteiger partial charge in [-0.2, -0.15) is 0 Å². The quantitative estimate of drug-likeness (QED) is 0.534. The van der Waals surface area contributed by atoms with Crippen molar-refractivity contribution >= 4 is 5.65 Å². The molecule has 0 aromatic carbocycles. The zero-order chi connectivity index (χ0) is 18.3. The van der Waals surface area contributed by atoms with Crippen molar-refractivity contribution in [2.75, 3.05) is 0 Å². The van der Waals surface area contributed by atoms with Crippen LogP contribution in [0.4, 0.5) is 4.39 Å². The first-order valence-corrected chi connectivity index (χ1v) is 8.43.